The van der Waals surface area contributed by atoms with Crippen LogP contribution in [0.4, 0.5) is 5.13 Å². The van der Waals surface area contributed by atoms with Gasteiger partial charge in [0.05, 0.1) is 6.42 Å². The molecule has 3 aromatic rings. The summed E-state index contributed by atoms with van der Waals surface area (Å²) in [4.78, 5) is 16.1. The van der Waals surface area contributed by atoms with Gasteiger partial charge in [-0.15, -0.1) is 10.2 Å². The summed E-state index contributed by atoms with van der Waals surface area (Å²) >= 11 is 2.98. The minimum absolute atomic E-state index is 0.0347. The Labute approximate surface area is 228 Å². The largest absolute Gasteiger partial charge is 0.339 e. The van der Waals surface area contributed by atoms with Gasteiger partial charge in [0.25, 0.3) is 0 Å². The van der Waals surface area contributed by atoms with Crippen LogP contribution in [0, 0.1) is 0 Å². The third-order valence-corrected chi connectivity index (χ3v) is 7.47. The van der Waals surface area contributed by atoms with Crippen LogP contribution >= 0.6 is 23.1 Å². The Kier molecular flexibility index (Phi) is 12.1. The molecule has 1 saturated carbocycles. The van der Waals surface area contributed by atoms with Crippen molar-refractivity contribution in [3.8, 4) is 0 Å². The van der Waals surface area contributed by atoms with E-state index in [1.165, 1.54) is 60.8 Å². The molecule has 1 aliphatic rings. The molecule has 1 aliphatic carbocycles. The lowest BCUT2D eigenvalue weighted by Crippen LogP contribution is -2.19. The van der Waals surface area contributed by atoms with Gasteiger partial charge in [-0.3, -0.25) is 9.79 Å². The summed E-state index contributed by atoms with van der Waals surface area (Å²) in [6.07, 6.45) is 7.46. The Bertz CT molecular complexity index is 1160. The van der Waals surface area contributed by atoms with E-state index in [1.54, 1.807) is 12.5 Å². The molecule has 8 heteroatoms. The summed E-state index contributed by atoms with van der Waals surface area (Å²) < 4.78 is 0. The second kappa shape index (κ2) is 15.8. The molecule has 0 radical (unpaired) electrons. The number of carbonyl (C=O) groups is 1. The summed E-state index contributed by atoms with van der Waals surface area (Å²) in [5.41, 5.74) is 3.17. The highest BCUT2D eigenvalue weighted by atomic mass is 32.2. The van der Waals surface area contributed by atoms with Crippen molar-refractivity contribution in [3.05, 3.63) is 101 Å². The number of hydrogen-bond acceptors (Lipinski definition) is 6. The van der Waals surface area contributed by atoms with Crippen molar-refractivity contribution in [2.24, 2.45) is 4.99 Å². The van der Waals surface area contributed by atoms with Gasteiger partial charge in [0, 0.05) is 25.1 Å². The topological polar surface area (TPSA) is 79.3 Å². The Morgan fingerprint density at radius 1 is 1.03 bits per heavy atom. The number of benzene rings is 2. The second-order valence-electron chi connectivity index (χ2n) is 8.70. The molecule has 1 amide bonds. The quantitative estimate of drug-likeness (QED) is 0.242. The molecule has 0 atom stereocenters. The number of hydrogen-bond donors (Lipinski definition) is 2. The first-order chi connectivity index (χ1) is 18.1. The molecule has 0 bridgehead atoms. The van der Waals surface area contributed by atoms with Crippen molar-refractivity contribution in [2.45, 2.75) is 50.9 Å². The highest BCUT2D eigenvalue weighted by Crippen LogP contribution is 2.35. The molecule has 0 spiro atoms. The van der Waals surface area contributed by atoms with Gasteiger partial charge in [-0.05, 0) is 29.4 Å². The van der Waals surface area contributed by atoms with Gasteiger partial charge in [-0.2, -0.15) is 0 Å². The number of carbonyl (C=O) groups excluding carboxylic acids is 1. The molecule has 0 saturated heterocycles. The van der Waals surface area contributed by atoms with Gasteiger partial charge in [0.15, 0.2) is 5.17 Å². The molecule has 1 heterocycles. The lowest BCUT2D eigenvalue weighted by molar-refractivity contribution is -0.115. The molecular formula is C29H35N5OS2. The predicted molar refractivity (Wildman–Crippen MR) is 158 cm³/mol. The second-order valence-corrected chi connectivity index (χ2v) is 10.7. The Morgan fingerprint density at radius 3 is 2.24 bits per heavy atom. The average Bonchev–Trinajstić information content (AvgIpc) is 3.39. The Morgan fingerprint density at radius 2 is 1.65 bits per heavy atom. The van der Waals surface area contributed by atoms with Crippen LogP contribution in [0.2, 0.25) is 0 Å². The van der Waals surface area contributed by atoms with E-state index in [1.807, 2.05) is 48.5 Å². The number of aromatic nitrogens is 2. The van der Waals surface area contributed by atoms with E-state index in [0.717, 1.165) is 27.9 Å². The molecule has 2 N–H and O–H groups in total. The standard InChI is InChI=1S/C16H19N3OS.C13H16N2S/c20-14(11-12-7-3-1-4-8-12)17-16-19-18-15(21-16)13-9-5-2-6-10-13;1-4-16-13(14-3)15-11(2)10-12-8-6-5-7-9-12/h1,3-4,7-8,13H,2,5-6,9-11H2,(H,17,19,20);4-9H,1-2,10H2,3H3,(H,14,15). The van der Waals surface area contributed by atoms with Gasteiger partial charge in [-0.25, -0.2) is 0 Å². The van der Waals surface area contributed by atoms with Crippen molar-refractivity contribution >= 4 is 39.3 Å². The first-order valence-electron chi connectivity index (χ1n) is 12.5. The van der Waals surface area contributed by atoms with Crippen LogP contribution in [0.3, 0.4) is 0 Å². The van der Waals surface area contributed by atoms with Crippen LogP contribution < -0.4 is 10.6 Å². The van der Waals surface area contributed by atoms with Gasteiger partial charge in [-0.1, -0.05) is 116 Å². The smallest absolute Gasteiger partial charge is 0.230 e. The summed E-state index contributed by atoms with van der Waals surface area (Å²) in [7, 11) is 1.74. The summed E-state index contributed by atoms with van der Waals surface area (Å²) in [5.74, 6) is 0.503. The SMILES string of the molecule is C=CSC(=NC)NC(=C)Cc1ccccc1.O=C(Cc1ccccc1)Nc1nnc(C2CCCCC2)s1. The zero-order chi connectivity index (χ0) is 26.3. The molecule has 1 fully saturated rings. The first kappa shape index (κ1) is 28.3. The maximum atomic E-state index is 12.0. The molecule has 1 aromatic heterocycles. The molecule has 194 valence electrons. The number of rotatable bonds is 8. The van der Waals surface area contributed by atoms with E-state index in [4.69, 9.17) is 0 Å². The molecule has 4 rings (SSSR count). The molecule has 0 unspecified atom stereocenters. The molecule has 2 aromatic carbocycles. The van der Waals surface area contributed by atoms with Crippen LogP contribution in [-0.2, 0) is 17.6 Å². The van der Waals surface area contributed by atoms with Crippen LogP contribution in [0.25, 0.3) is 0 Å². The number of anilines is 1. The number of amides is 1. The molecule has 6 nitrogen and oxygen atoms in total. The molecule has 37 heavy (non-hydrogen) atoms. The van der Waals surface area contributed by atoms with E-state index in [0.29, 0.717) is 17.5 Å². The summed E-state index contributed by atoms with van der Waals surface area (Å²) in [6.45, 7) is 7.63. The van der Waals surface area contributed by atoms with Crippen LogP contribution in [-0.4, -0.2) is 28.3 Å². The lowest BCUT2D eigenvalue weighted by atomic mass is 9.90. The number of amidine groups is 1. The molecule has 0 aliphatic heterocycles. The van der Waals surface area contributed by atoms with E-state index < -0.39 is 0 Å². The highest BCUT2D eigenvalue weighted by molar-refractivity contribution is 8.16. The zero-order valence-electron chi connectivity index (χ0n) is 21.4. The fourth-order valence-corrected chi connectivity index (χ4v) is 5.39. The third-order valence-electron chi connectivity index (χ3n) is 5.79. The van der Waals surface area contributed by atoms with Crippen molar-refractivity contribution in [2.75, 3.05) is 12.4 Å². The zero-order valence-corrected chi connectivity index (χ0v) is 23.0. The fraction of sp³-hybridized carbons (Fsp3) is 0.310. The number of nitrogens with one attached hydrogen (secondary N) is 2. The van der Waals surface area contributed by atoms with Crippen molar-refractivity contribution in [1.29, 1.82) is 0 Å². The number of aliphatic imine (C=N–C) groups is 1. The number of allylic oxidation sites excluding steroid dienone is 1. The third kappa shape index (κ3) is 10.3. The highest BCUT2D eigenvalue weighted by Gasteiger charge is 2.20. The van der Waals surface area contributed by atoms with Crippen molar-refractivity contribution in [1.82, 2.24) is 15.5 Å². The minimum Gasteiger partial charge on any atom is -0.339 e. The van der Waals surface area contributed by atoms with Crippen LogP contribution in [0.5, 0.6) is 0 Å². The molecular weight excluding hydrogens is 498 g/mol. The lowest BCUT2D eigenvalue weighted by Gasteiger charge is -2.18. The first-order valence-corrected chi connectivity index (χ1v) is 14.2. The fourth-order valence-electron chi connectivity index (χ4n) is 4.00. The monoisotopic (exact) mass is 533 g/mol. The van der Waals surface area contributed by atoms with Gasteiger partial charge in [0.1, 0.15) is 5.01 Å². The predicted octanol–water partition coefficient (Wildman–Crippen LogP) is 6.96. The average molecular weight is 534 g/mol. The summed E-state index contributed by atoms with van der Waals surface area (Å²) in [6, 6.07) is 19.9. The van der Waals surface area contributed by atoms with Crippen LogP contribution in [0.1, 0.15) is 54.2 Å². The van der Waals surface area contributed by atoms with E-state index >= 15 is 0 Å². The van der Waals surface area contributed by atoms with Gasteiger partial charge in [0.2, 0.25) is 11.0 Å². The summed E-state index contributed by atoms with van der Waals surface area (Å²) in [5, 5.41) is 18.6. The van der Waals surface area contributed by atoms with Gasteiger partial charge < -0.3 is 10.6 Å². The van der Waals surface area contributed by atoms with Gasteiger partial charge >= 0.3 is 0 Å². The normalized spacial score (nSPS) is 13.7. The number of nitrogens with zero attached hydrogens (tertiary/aromatic N) is 3. The van der Waals surface area contributed by atoms with Crippen molar-refractivity contribution in [3.63, 3.8) is 0 Å². The minimum atomic E-state index is -0.0347. The van der Waals surface area contributed by atoms with E-state index in [2.05, 4.69) is 51.1 Å². The maximum absolute atomic E-state index is 12.0. The number of thioether (sulfide) groups is 1. The Balaban J connectivity index is 0.000000214. The van der Waals surface area contributed by atoms with E-state index in [-0.39, 0.29) is 5.91 Å². The maximum Gasteiger partial charge on any atom is 0.230 e. The van der Waals surface area contributed by atoms with E-state index in [9.17, 15) is 4.79 Å². The van der Waals surface area contributed by atoms with Crippen molar-refractivity contribution < 1.29 is 4.79 Å². The Hall–Kier alpha value is -3.23. The van der Waals surface area contributed by atoms with Crippen LogP contribution in [0.15, 0.2) is 89.9 Å².